The van der Waals surface area contributed by atoms with Crippen LogP contribution in [0.2, 0.25) is 0 Å². The Hall–Kier alpha value is -2.03. The number of hydrogen-bond acceptors (Lipinski definition) is 2. The molecular weight excluding hydrogens is 238 g/mol. The molecule has 3 heteroatoms. The lowest BCUT2D eigenvalue weighted by Gasteiger charge is -2.20. The molecule has 2 atom stereocenters. The second-order valence-electron chi connectivity index (χ2n) is 5.31. The number of ether oxygens (including phenoxy) is 1. The molecular formula is C16H15NO2. The first-order valence-corrected chi connectivity index (χ1v) is 6.68. The Morgan fingerprint density at radius 3 is 2.11 bits per heavy atom. The third-order valence-corrected chi connectivity index (χ3v) is 4.44. The lowest BCUT2D eigenvalue weighted by Crippen LogP contribution is -2.27. The number of hydrogen-bond donors (Lipinski definition) is 0. The summed E-state index contributed by atoms with van der Waals surface area (Å²) >= 11 is 0. The Bertz CT molecular complexity index is 629. The van der Waals surface area contributed by atoms with Crippen molar-refractivity contribution >= 4 is 16.9 Å². The van der Waals surface area contributed by atoms with Gasteiger partial charge >= 0.3 is 6.09 Å². The van der Waals surface area contributed by atoms with Crippen LogP contribution >= 0.6 is 0 Å². The predicted octanol–water partition coefficient (Wildman–Crippen LogP) is 3.80. The van der Waals surface area contributed by atoms with Gasteiger partial charge in [-0.3, -0.25) is 4.90 Å². The van der Waals surface area contributed by atoms with Crippen molar-refractivity contribution in [2.45, 2.75) is 24.9 Å². The van der Waals surface area contributed by atoms with E-state index in [1.54, 1.807) is 0 Å². The zero-order valence-electron chi connectivity index (χ0n) is 10.8. The molecule has 1 fully saturated rings. The number of benzene rings is 2. The van der Waals surface area contributed by atoms with Crippen molar-refractivity contribution in [3.8, 4) is 0 Å². The van der Waals surface area contributed by atoms with Crippen LogP contribution in [0.15, 0.2) is 36.4 Å². The van der Waals surface area contributed by atoms with Gasteiger partial charge in [-0.2, -0.15) is 0 Å². The Morgan fingerprint density at radius 2 is 1.63 bits per heavy atom. The fourth-order valence-electron chi connectivity index (χ4n) is 3.63. The minimum absolute atomic E-state index is 0.201. The van der Waals surface area contributed by atoms with Crippen LogP contribution in [-0.4, -0.2) is 18.1 Å². The van der Waals surface area contributed by atoms with Gasteiger partial charge in [0.25, 0.3) is 0 Å². The number of nitrogens with zero attached hydrogens (tertiary/aromatic N) is 1. The maximum Gasteiger partial charge on any atom is 0.410 e. The molecule has 0 aromatic heterocycles. The van der Waals surface area contributed by atoms with Crippen LogP contribution in [0.1, 0.15) is 36.1 Å². The molecule has 2 bridgehead atoms. The zero-order valence-corrected chi connectivity index (χ0v) is 10.8. The van der Waals surface area contributed by atoms with E-state index in [4.69, 9.17) is 4.74 Å². The molecule has 96 valence electrons. The molecule has 4 rings (SSSR count). The van der Waals surface area contributed by atoms with Gasteiger partial charge in [0, 0.05) is 0 Å². The number of carbonyl (C=O) groups is 1. The van der Waals surface area contributed by atoms with Gasteiger partial charge in [0.15, 0.2) is 0 Å². The van der Waals surface area contributed by atoms with Gasteiger partial charge in [0.1, 0.15) is 0 Å². The summed E-state index contributed by atoms with van der Waals surface area (Å²) in [4.78, 5) is 13.8. The summed E-state index contributed by atoms with van der Waals surface area (Å²) in [5, 5.41) is 2.50. The molecule has 3 nitrogen and oxygen atoms in total. The Kier molecular flexibility index (Phi) is 2.13. The fraction of sp³-hybridized carbons (Fsp3) is 0.312. The van der Waals surface area contributed by atoms with Gasteiger partial charge < -0.3 is 4.74 Å². The molecule has 0 spiro atoms. The molecule has 2 aromatic carbocycles. The first-order valence-electron chi connectivity index (χ1n) is 6.68. The van der Waals surface area contributed by atoms with Crippen molar-refractivity contribution in [1.82, 2.24) is 4.90 Å². The second-order valence-corrected chi connectivity index (χ2v) is 5.31. The van der Waals surface area contributed by atoms with Crippen LogP contribution in [-0.2, 0) is 4.74 Å². The molecule has 0 radical (unpaired) electrons. The minimum atomic E-state index is -0.201. The van der Waals surface area contributed by atoms with Gasteiger partial charge in [-0.25, -0.2) is 4.79 Å². The van der Waals surface area contributed by atoms with Crippen LogP contribution in [0.3, 0.4) is 0 Å². The van der Waals surface area contributed by atoms with Crippen LogP contribution in [0.4, 0.5) is 4.79 Å². The summed E-state index contributed by atoms with van der Waals surface area (Å²) in [5.41, 5.74) is 2.61. The molecule has 19 heavy (non-hydrogen) atoms. The highest BCUT2D eigenvalue weighted by molar-refractivity contribution is 5.85. The van der Waals surface area contributed by atoms with Crippen molar-refractivity contribution in [3.63, 3.8) is 0 Å². The van der Waals surface area contributed by atoms with E-state index < -0.39 is 0 Å². The molecule has 2 aliphatic rings. The summed E-state index contributed by atoms with van der Waals surface area (Å²) in [5.74, 6) is 0. The second kappa shape index (κ2) is 3.73. The van der Waals surface area contributed by atoms with Crippen LogP contribution < -0.4 is 0 Å². The first kappa shape index (κ1) is 10.9. The fourth-order valence-corrected chi connectivity index (χ4v) is 3.63. The Balaban J connectivity index is 1.90. The number of fused-ring (bicyclic) bond motifs is 6. The van der Waals surface area contributed by atoms with Crippen LogP contribution in [0.5, 0.6) is 0 Å². The molecule has 0 saturated carbocycles. The lowest BCUT2D eigenvalue weighted by molar-refractivity contribution is 0.110. The van der Waals surface area contributed by atoms with Gasteiger partial charge in [0.2, 0.25) is 0 Å². The number of methoxy groups -OCH3 is 1. The maximum absolute atomic E-state index is 11.9. The Morgan fingerprint density at radius 1 is 1.11 bits per heavy atom. The van der Waals surface area contributed by atoms with E-state index in [9.17, 15) is 4.79 Å². The highest BCUT2D eigenvalue weighted by Gasteiger charge is 2.47. The standard InChI is InChI=1S/C16H15NO2/c1-19-16(18)17-14-6-7-15(17)13-9-11-5-3-2-4-10(11)8-12(13)14/h2-5,8-9,14-15H,6-7H2,1H3/t14-,15+. The first-order chi connectivity index (χ1) is 9.29. The topological polar surface area (TPSA) is 29.5 Å². The molecule has 0 unspecified atom stereocenters. The number of carbonyl (C=O) groups excluding carboxylic acids is 1. The van der Waals surface area contributed by atoms with E-state index in [0.717, 1.165) is 12.8 Å². The van der Waals surface area contributed by atoms with E-state index in [1.165, 1.54) is 29.0 Å². The van der Waals surface area contributed by atoms with E-state index in [2.05, 4.69) is 36.4 Å². The van der Waals surface area contributed by atoms with Crippen molar-refractivity contribution < 1.29 is 9.53 Å². The van der Waals surface area contributed by atoms with E-state index in [1.807, 2.05) is 4.90 Å². The van der Waals surface area contributed by atoms with Crippen molar-refractivity contribution in [2.24, 2.45) is 0 Å². The predicted molar refractivity (Wildman–Crippen MR) is 72.9 cm³/mol. The average Bonchev–Trinajstić information content (AvgIpc) is 3.01. The quantitative estimate of drug-likeness (QED) is 0.714. The molecule has 1 saturated heterocycles. The van der Waals surface area contributed by atoms with E-state index >= 15 is 0 Å². The molecule has 0 aliphatic carbocycles. The van der Waals surface area contributed by atoms with Crippen LogP contribution in [0, 0.1) is 0 Å². The summed E-state index contributed by atoms with van der Waals surface area (Å²) in [6.07, 6.45) is 1.89. The van der Waals surface area contributed by atoms with E-state index in [-0.39, 0.29) is 18.2 Å². The van der Waals surface area contributed by atoms with Gasteiger partial charge in [-0.1, -0.05) is 24.3 Å². The largest absolute Gasteiger partial charge is 0.453 e. The van der Waals surface area contributed by atoms with Gasteiger partial charge in [-0.15, -0.1) is 0 Å². The zero-order chi connectivity index (χ0) is 13.0. The molecule has 2 heterocycles. The lowest BCUT2D eigenvalue weighted by atomic mass is 9.89. The smallest absolute Gasteiger partial charge is 0.410 e. The molecule has 2 aliphatic heterocycles. The normalized spacial score (nSPS) is 23.7. The minimum Gasteiger partial charge on any atom is -0.453 e. The van der Waals surface area contributed by atoms with Crippen molar-refractivity contribution in [1.29, 1.82) is 0 Å². The summed E-state index contributed by atoms with van der Waals surface area (Å²) in [7, 11) is 1.46. The van der Waals surface area contributed by atoms with E-state index in [0.29, 0.717) is 0 Å². The highest BCUT2D eigenvalue weighted by Crippen LogP contribution is 2.53. The molecule has 2 aromatic rings. The molecule has 0 N–H and O–H groups in total. The number of amides is 1. The Labute approximate surface area is 111 Å². The third kappa shape index (κ3) is 1.35. The number of rotatable bonds is 0. The van der Waals surface area contributed by atoms with Crippen LogP contribution in [0.25, 0.3) is 10.8 Å². The summed E-state index contributed by atoms with van der Waals surface area (Å²) < 4.78 is 4.93. The maximum atomic E-state index is 11.9. The summed E-state index contributed by atoms with van der Waals surface area (Å²) in [6.45, 7) is 0. The van der Waals surface area contributed by atoms with Crippen molar-refractivity contribution in [2.75, 3.05) is 7.11 Å². The molecule has 1 amide bonds. The highest BCUT2D eigenvalue weighted by atomic mass is 16.5. The van der Waals surface area contributed by atoms with Gasteiger partial charge in [0.05, 0.1) is 19.2 Å². The van der Waals surface area contributed by atoms with Crippen molar-refractivity contribution in [3.05, 3.63) is 47.5 Å². The summed E-state index contributed by atoms with van der Waals surface area (Å²) in [6, 6.07) is 13.3. The SMILES string of the molecule is COC(=O)N1[C@@H]2CC[C@H]1c1cc3ccccc3cc12. The average molecular weight is 253 g/mol. The monoisotopic (exact) mass is 253 g/mol. The third-order valence-electron chi connectivity index (χ3n) is 4.44. The van der Waals surface area contributed by atoms with Gasteiger partial charge in [-0.05, 0) is 46.9 Å².